The molecule has 1 aromatic rings. The second-order valence-corrected chi connectivity index (χ2v) is 3.95. The highest BCUT2D eigenvalue weighted by molar-refractivity contribution is 7.98. The van der Waals surface area contributed by atoms with E-state index in [4.69, 9.17) is 14.7 Å². The number of hydrogen-bond acceptors (Lipinski definition) is 5. The number of ether oxygens (including phenoxy) is 2. The van der Waals surface area contributed by atoms with Crippen molar-refractivity contribution in [3.63, 3.8) is 0 Å². The summed E-state index contributed by atoms with van der Waals surface area (Å²) in [6.07, 6.45) is 1.91. The smallest absolute Gasteiger partial charge is 0.146 e. The molecule has 0 aliphatic carbocycles. The maximum atomic E-state index is 8.97. The number of nitrogens with zero attached hydrogens (tertiary/aromatic N) is 2. The minimum Gasteiger partial charge on any atom is -0.359 e. The number of thioether (sulfide) groups is 1. The first-order valence-electron chi connectivity index (χ1n) is 4.74. The highest BCUT2D eigenvalue weighted by Gasteiger charge is 2.08. The Morgan fingerprint density at radius 2 is 2.31 bits per heavy atom. The van der Waals surface area contributed by atoms with E-state index in [9.17, 15) is 0 Å². The Morgan fingerprint density at radius 1 is 1.56 bits per heavy atom. The molecule has 0 spiro atoms. The van der Waals surface area contributed by atoms with Crippen LogP contribution in [0.1, 0.15) is 16.8 Å². The van der Waals surface area contributed by atoms with Gasteiger partial charge in [0.25, 0.3) is 0 Å². The van der Waals surface area contributed by atoms with Crippen LogP contribution in [0, 0.1) is 18.3 Å². The number of methoxy groups -OCH3 is 1. The van der Waals surface area contributed by atoms with Crippen LogP contribution in [-0.2, 0) is 16.1 Å². The molecule has 0 aromatic carbocycles. The van der Waals surface area contributed by atoms with Gasteiger partial charge in [0.05, 0.1) is 12.2 Å². The number of nitriles is 1. The molecular formula is C11H14N2O2S. The van der Waals surface area contributed by atoms with Crippen LogP contribution in [0.2, 0.25) is 0 Å². The van der Waals surface area contributed by atoms with E-state index in [1.807, 2.05) is 19.2 Å². The van der Waals surface area contributed by atoms with Gasteiger partial charge in [-0.2, -0.15) is 5.26 Å². The number of rotatable bonds is 5. The molecule has 0 atom stereocenters. The standard InChI is InChI=1S/C11H14N2O2S/c1-8-10(6-15-7-14-2)4-9(5-12)11(13-8)16-3/h4H,6-7H2,1-3H3. The van der Waals surface area contributed by atoms with Gasteiger partial charge in [0, 0.05) is 18.4 Å². The molecule has 0 bridgehead atoms. The van der Waals surface area contributed by atoms with E-state index < -0.39 is 0 Å². The Balaban J connectivity index is 2.89. The summed E-state index contributed by atoms with van der Waals surface area (Å²) >= 11 is 1.47. The SMILES string of the molecule is COCOCc1cc(C#N)c(SC)nc1C. The molecule has 86 valence electrons. The van der Waals surface area contributed by atoms with Crippen molar-refractivity contribution in [2.45, 2.75) is 18.6 Å². The molecular weight excluding hydrogens is 224 g/mol. The molecule has 0 saturated carbocycles. The number of pyridine rings is 1. The van der Waals surface area contributed by atoms with Crippen molar-refractivity contribution in [2.75, 3.05) is 20.2 Å². The van der Waals surface area contributed by atoms with Crippen molar-refractivity contribution in [3.05, 3.63) is 22.9 Å². The largest absolute Gasteiger partial charge is 0.359 e. The van der Waals surface area contributed by atoms with Crippen molar-refractivity contribution in [3.8, 4) is 6.07 Å². The highest BCUT2D eigenvalue weighted by Crippen LogP contribution is 2.20. The summed E-state index contributed by atoms with van der Waals surface area (Å²) in [5, 5.41) is 9.73. The van der Waals surface area contributed by atoms with Gasteiger partial charge in [0.2, 0.25) is 0 Å². The van der Waals surface area contributed by atoms with Gasteiger partial charge in [0.1, 0.15) is 17.9 Å². The van der Waals surface area contributed by atoms with Gasteiger partial charge in [-0.1, -0.05) is 0 Å². The van der Waals surface area contributed by atoms with Crippen molar-refractivity contribution < 1.29 is 9.47 Å². The summed E-state index contributed by atoms with van der Waals surface area (Å²) < 4.78 is 10.0. The fourth-order valence-electron chi connectivity index (χ4n) is 1.24. The average molecular weight is 238 g/mol. The zero-order chi connectivity index (χ0) is 12.0. The maximum Gasteiger partial charge on any atom is 0.146 e. The van der Waals surface area contributed by atoms with Crippen molar-refractivity contribution in [1.29, 1.82) is 5.26 Å². The summed E-state index contributed by atoms with van der Waals surface area (Å²) in [5.41, 5.74) is 2.40. The molecule has 4 nitrogen and oxygen atoms in total. The second-order valence-electron chi connectivity index (χ2n) is 3.16. The highest BCUT2D eigenvalue weighted by atomic mass is 32.2. The van der Waals surface area contributed by atoms with Crippen LogP contribution >= 0.6 is 11.8 Å². The first-order valence-corrected chi connectivity index (χ1v) is 5.96. The topological polar surface area (TPSA) is 55.1 Å². The second kappa shape index (κ2) is 6.48. The number of hydrogen-bond donors (Lipinski definition) is 0. The quantitative estimate of drug-likeness (QED) is 0.446. The zero-order valence-corrected chi connectivity index (χ0v) is 10.4. The lowest BCUT2D eigenvalue weighted by Crippen LogP contribution is -2.02. The Labute approximate surface area is 99.6 Å². The minimum absolute atomic E-state index is 0.242. The minimum atomic E-state index is 0.242. The van der Waals surface area contributed by atoms with Crippen LogP contribution in [-0.4, -0.2) is 25.1 Å². The van der Waals surface area contributed by atoms with Crippen molar-refractivity contribution >= 4 is 11.8 Å². The summed E-state index contributed by atoms with van der Waals surface area (Å²) in [6, 6.07) is 3.96. The first kappa shape index (κ1) is 13.0. The normalized spacial score (nSPS) is 10.1. The van der Waals surface area contributed by atoms with E-state index in [-0.39, 0.29) is 6.79 Å². The molecule has 0 amide bonds. The third-order valence-electron chi connectivity index (χ3n) is 2.06. The summed E-state index contributed by atoms with van der Waals surface area (Å²) in [6.45, 7) is 2.56. The summed E-state index contributed by atoms with van der Waals surface area (Å²) in [7, 11) is 1.57. The molecule has 5 heteroatoms. The lowest BCUT2D eigenvalue weighted by Gasteiger charge is -2.08. The lowest BCUT2D eigenvalue weighted by molar-refractivity contribution is -0.0393. The predicted molar refractivity (Wildman–Crippen MR) is 62.1 cm³/mol. The van der Waals surface area contributed by atoms with Crippen LogP contribution in [0.25, 0.3) is 0 Å². The summed E-state index contributed by atoms with van der Waals surface area (Å²) in [4.78, 5) is 4.36. The molecule has 0 unspecified atom stereocenters. The van der Waals surface area contributed by atoms with Gasteiger partial charge < -0.3 is 9.47 Å². The third-order valence-corrected chi connectivity index (χ3v) is 2.75. The van der Waals surface area contributed by atoms with Gasteiger partial charge in [-0.15, -0.1) is 11.8 Å². The van der Waals surface area contributed by atoms with E-state index in [1.165, 1.54) is 11.8 Å². The van der Waals surface area contributed by atoms with Gasteiger partial charge in [-0.3, -0.25) is 0 Å². The van der Waals surface area contributed by atoms with Crippen LogP contribution in [0.5, 0.6) is 0 Å². The van der Waals surface area contributed by atoms with E-state index in [0.717, 1.165) is 16.3 Å². The van der Waals surface area contributed by atoms with Gasteiger partial charge in [-0.25, -0.2) is 4.98 Å². The van der Waals surface area contributed by atoms with E-state index >= 15 is 0 Å². The Kier molecular flexibility index (Phi) is 5.26. The van der Waals surface area contributed by atoms with Crippen molar-refractivity contribution in [2.24, 2.45) is 0 Å². The third kappa shape index (κ3) is 3.20. The molecule has 0 N–H and O–H groups in total. The lowest BCUT2D eigenvalue weighted by atomic mass is 10.1. The maximum absolute atomic E-state index is 8.97. The number of aryl methyl sites for hydroxylation is 1. The molecule has 1 rings (SSSR count). The molecule has 0 saturated heterocycles. The van der Waals surface area contributed by atoms with Crippen LogP contribution in [0.3, 0.4) is 0 Å². The number of aromatic nitrogens is 1. The Morgan fingerprint density at radius 3 is 2.88 bits per heavy atom. The van der Waals surface area contributed by atoms with E-state index in [1.54, 1.807) is 7.11 Å². The Hall–Kier alpha value is -1.09. The molecule has 0 radical (unpaired) electrons. The Bertz CT molecular complexity index is 402. The van der Waals surface area contributed by atoms with Crippen LogP contribution < -0.4 is 0 Å². The van der Waals surface area contributed by atoms with Crippen LogP contribution in [0.4, 0.5) is 0 Å². The fraction of sp³-hybridized carbons (Fsp3) is 0.455. The van der Waals surface area contributed by atoms with E-state index in [0.29, 0.717) is 12.2 Å². The summed E-state index contributed by atoms with van der Waals surface area (Å²) in [5.74, 6) is 0. The molecule has 0 aliphatic heterocycles. The first-order chi connectivity index (χ1) is 7.72. The molecule has 0 fully saturated rings. The molecule has 16 heavy (non-hydrogen) atoms. The average Bonchev–Trinajstić information content (AvgIpc) is 2.31. The van der Waals surface area contributed by atoms with Crippen LogP contribution in [0.15, 0.2) is 11.1 Å². The van der Waals surface area contributed by atoms with Gasteiger partial charge in [-0.05, 0) is 19.2 Å². The zero-order valence-electron chi connectivity index (χ0n) is 9.61. The molecule has 1 aromatic heterocycles. The predicted octanol–water partition coefficient (Wildman–Crippen LogP) is 2.10. The monoisotopic (exact) mass is 238 g/mol. The van der Waals surface area contributed by atoms with E-state index in [2.05, 4.69) is 11.1 Å². The molecule has 0 aliphatic rings. The molecule has 1 heterocycles. The van der Waals surface area contributed by atoms with Gasteiger partial charge in [0.15, 0.2) is 0 Å². The van der Waals surface area contributed by atoms with Gasteiger partial charge >= 0.3 is 0 Å². The van der Waals surface area contributed by atoms with Crippen molar-refractivity contribution in [1.82, 2.24) is 4.98 Å². The fourth-order valence-corrected chi connectivity index (χ4v) is 1.79.